The lowest BCUT2D eigenvalue weighted by Crippen LogP contribution is -2.12. The summed E-state index contributed by atoms with van der Waals surface area (Å²) in [7, 11) is 1.68. The molecule has 1 rings (SSSR count). The van der Waals surface area contributed by atoms with Crippen molar-refractivity contribution in [1.82, 2.24) is 5.32 Å². The largest absolute Gasteiger partial charge is 0.497 e. The molecule has 0 fully saturated rings. The van der Waals surface area contributed by atoms with Gasteiger partial charge in [-0.25, -0.2) is 0 Å². The fourth-order valence-electron chi connectivity index (χ4n) is 1.32. The van der Waals surface area contributed by atoms with E-state index in [1.165, 1.54) is 5.56 Å². The Kier molecular flexibility index (Phi) is 4.20. The van der Waals surface area contributed by atoms with Gasteiger partial charge in [-0.15, -0.1) is 0 Å². The van der Waals surface area contributed by atoms with Crippen LogP contribution in [0, 0.1) is 0 Å². The van der Waals surface area contributed by atoms with Gasteiger partial charge in [0.05, 0.1) is 7.11 Å². The number of ether oxygens (including phenoxy) is 1. The van der Waals surface area contributed by atoms with E-state index in [4.69, 9.17) is 4.74 Å². The highest BCUT2D eigenvalue weighted by atomic mass is 16.5. The summed E-state index contributed by atoms with van der Waals surface area (Å²) < 4.78 is 5.17. The zero-order valence-corrected chi connectivity index (χ0v) is 8.84. The van der Waals surface area contributed by atoms with Crippen LogP contribution in [0.2, 0.25) is 0 Å². The van der Waals surface area contributed by atoms with Crippen LogP contribution in [0.5, 0.6) is 5.75 Å². The molecule has 0 aromatic heterocycles. The number of rotatable bonds is 5. The molecule has 76 valence electrons. The first-order valence-electron chi connectivity index (χ1n) is 4.82. The quantitative estimate of drug-likeness (QED) is 0.772. The minimum absolute atomic E-state index is 0.856. The Hall–Kier alpha value is -1.28. The molecule has 0 spiro atoms. The average Bonchev–Trinajstić information content (AvgIpc) is 2.25. The van der Waals surface area contributed by atoms with Crippen molar-refractivity contribution in [2.45, 2.75) is 13.5 Å². The van der Waals surface area contributed by atoms with Crippen LogP contribution < -0.4 is 10.1 Å². The molecule has 0 unspecified atom stereocenters. The summed E-state index contributed by atoms with van der Waals surface area (Å²) in [5.41, 5.74) is 2.38. The SMILES string of the molecule is C=Cc1ccc(OC)cc1CNCC. The minimum Gasteiger partial charge on any atom is -0.497 e. The summed E-state index contributed by atoms with van der Waals surface area (Å²) in [6, 6.07) is 6.02. The Morgan fingerprint density at radius 1 is 1.50 bits per heavy atom. The summed E-state index contributed by atoms with van der Waals surface area (Å²) in [5.74, 6) is 0.892. The monoisotopic (exact) mass is 191 g/mol. The van der Waals surface area contributed by atoms with Crippen LogP contribution in [-0.2, 0) is 6.54 Å². The second kappa shape index (κ2) is 5.45. The molecule has 0 saturated carbocycles. The van der Waals surface area contributed by atoms with Crippen LogP contribution in [-0.4, -0.2) is 13.7 Å². The smallest absolute Gasteiger partial charge is 0.119 e. The molecule has 0 radical (unpaired) electrons. The molecule has 1 aromatic carbocycles. The molecule has 0 aliphatic rings. The summed E-state index contributed by atoms with van der Waals surface area (Å²) >= 11 is 0. The zero-order valence-electron chi connectivity index (χ0n) is 8.84. The maximum Gasteiger partial charge on any atom is 0.119 e. The third-order valence-corrected chi connectivity index (χ3v) is 2.14. The van der Waals surface area contributed by atoms with Gasteiger partial charge in [-0.3, -0.25) is 0 Å². The molecule has 0 aliphatic heterocycles. The lowest BCUT2D eigenvalue weighted by molar-refractivity contribution is 0.414. The van der Waals surface area contributed by atoms with E-state index in [2.05, 4.69) is 18.8 Å². The highest BCUT2D eigenvalue weighted by Gasteiger charge is 2.00. The second-order valence-corrected chi connectivity index (χ2v) is 3.05. The van der Waals surface area contributed by atoms with Gasteiger partial charge in [0, 0.05) is 6.54 Å². The topological polar surface area (TPSA) is 21.3 Å². The molecule has 0 atom stereocenters. The van der Waals surface area contributed by atoms with E-state index >= 15 is 0 Å². The van der Waals surface area contributed by atoms with Crippen molar-refractivity contribution in [3.8, 4) is 5.75 Å². The van der Waals surface area contributed by atoms with Gasteiger partial charge in [-0.1, -0.05) is 25.6 Å². The second-order valence-electron chi connectivity index (χ2n) is 3.05. The average molecular weight is 191 g/mol. The number of nitrogens with one attached hydrogen (secondary N) is 1. The zero-order chi connectivity index (χ0) is 10.4. The Morgan fingerprint density at radius 2 is 2.29 bits per heavy atom. The Bertz CT molecular complexity index is 307. The first kappa shape index (κ1) is 10.8. The Morgan fingerprint density at radius 3 is 2.86 bits per heavy atom. The van der Waals surface area contributed by atoms with Gasteiger partial charge in [-0.2, -0.15) is 0 Å². The molecular weight excluding hydrogens is 174 g/mol. The van der Waals surface area contributed by atoms with Crippen molar-refractivity contribution in [3.05, 3.63) is 35.9 Å². The first-order chi connectivity index (χ1) is 6.81. The van der Waals surface area contributed by atoms with Crippen molar-refractivity contribution in [1.29, 1.82) is 0 Å². The van der Waals surface area contributed by atoms with Gasteiger partial charge >= 0.3 is 0 Å². The fourth-order valence-corrected chi connectivity index (χ4v) is 1.32. The molecule has 0 saturated heterocycles. The van der Waals surface area contributed by atoms with Crippen LogP contribution in [0.15, 0.2) is 24.8 Å². The van der Waals surface area contributed by atoms with Crippen LogP contribution in [0.1, 0.15) is 18.1 Å². The molecule has 1 N–H and O–H groups in total. The van der Waals surface area contributed by atoms with Gasteiger partial charge in [0.1, 0.15) is 5.75 Å². The van der Waals surface area contributed by atoms with E-state index in [0.717, 1.165) is 24.4 Å². The third-order valence-electron chi connectivity index (χ3n) is 2.14. The molecule has 14 heavy (non-hydrogen) atoms. The lowest BCUT2D eigenvalue weighted by atomic mass is 10.1. The predicted molar refractivity (Wildman–Crippen MR) is 60.5 cm³/mol. The third kappa shape index (κ3) is 2.60. The highest BCUT2D eigenvalue weighted by Crippen LogP contribution is 2.18. The van der Waals surface area contributed by atoms with Crippen LogP contribution >= 0.6 is 0 Å². The van der Waals surface area contributed by atoms with E-state index in [1.807, 2.05) is 24.3 Å². The maximum atomic E-state index is 5.17. The molecular formula is C12H17NO. The number of hydrogen-bond acceptors (Lipinski definition) is 2. The molecule has 0 aliphatic carbocycles. The van der Waals surface area contributed by atoms with E-state index in [1.54, 1.807) is 7.11 Å². The first-order valence-corrected chi connectivity index (χ1v) is 4.82. The normalized spacial score (nSPS) is 9.86. The van der Waals surface area contributed by atoms with E-state index in [0.29, 0.717) is 0 Å². The molecule has 0 bridgehead atoms. The fraction of sp³-hybridized carbons (Fsp3) is 0.333. The van der Waals surface area contributed by atoms with Crippen molar-refractivity contribution in [3.63, 3.8) is 0 Å². The van der Waals surface area contributed by atoms with Crippen molar-refractivity contribution in [2.75, 3.05) is 13.7 Å². The summed E-state index contributed by atoms with van der Waals surface area (Å²) in [6.45, 7) is 7.70. The van der Waals surface area contributed by atoms with Gasteiger partial charge in [-0.05, 0) is 29.8 Å². The van der Waals surface area contributed by atoms with E-state index in [9.17, 15) is 0 Å². The van der Waals surface area contributed by atoms with Gasteiger partial charge in [0.2, 0.25) is 0 Å². The van der Waals surface area contributed by atoms with Crippen molar-refractivity contribution in [2.24, 2.45) is 0 Å². The minimum atomic E-state index is 0.856. The number of benzene rings is 1. The molecule has 0 heterocycles. The lowest BCUT2D eigenvalue weighted by Gasteiger charge is -2.08. The van der Waals surface area contributed by atoms with Crippen molar-refractivity contribution < 1.29 is 4.74 Å². The molecule has 2 nitrogen and oxygen atoms in total. The van der Waals surface area contributed by atoms with E-state index < -0.39 is 0 Å². The predicted octanol–water partition coefficient (Wildman–Crippen LogP) is 2.45. The van der Waals surface area contributed by atoms with Crippen LogP contribution in [0.4, 0.5) is 0 Å². The summed E-state index contributed by atoms with van der Waals surface area (Å²) in [6.07, 6.45) is 1.87. The standard InChI is InChI=1S/C12H17NO/c1-4-10-6-7-12(14-3)8-11(10)9-13-5-2/h4,6-8,13H,1,5,9H2,2-3H3. The van der Waals surface area contributed by atoms with Gasteiger partial charge in [0.25, 0.3) is 0 Å². The maximum absolute atomic E-state index is 5.17. The molecule has 1 aromatic rings. The van der Waals surface area contributed by atoms with Crippen molar-refractivity contribution >= 4 is 6.08 Å². The molecule has 0 amide bonds. The van der Waals surface area contributed by atoms with Gasteiger partial charge < -0.3 is 10.1 Å². The van der Waals surface area contributed by atoms with Crippen LogP contribution in [0.3, 0.4) is 0 Å². The van der Waals surface area contributed by atoms with Gasteiger partial charge in [0.15, 0.2) is 0 Å². The Balaban J connectivity index is 2.90. The molecule has 2 heteroatoms. The van der Waals surface area contributed by atoms with E-state index in [-0.39, 0.29) is 0 Å². The number of hydrogen-bond donors (Lipinski definition) is 1. The van der Waals surface area contributed by atoms with Crippen LogP contribution in [0.25, 0.3) is 6.08 Å². The summed E-state index contributed by atoms with van der Waals surface area (Å²) in [4.78, 5) is 0. The Labute approximate surface area is 85.6 Å². The number of methoxy groups -OCH3 is 1. The highest BCUT2D eigenvalue weighted by molar-refractivity contribution is 5.54. The summed E-state index contributed by atoms with van der Waals surface area (Å²) in [5, 5.41) is 3.29.